The summed E-state index contributed by atoms with van der Waals surface area (Å²) in [4.78, 5) is 39.4. The Morgan fingerprint density at radius 3 is 2.56 bits per heavy atom. The van der Waals surface area contributed by atoms with Crippen LogP contribution in [0.25, 0.3) is 0 Å². The van der Waals surface area contributed by atoms with E-state index in [2.05, 4.69) is 15.7 Å². The van der Waals surface area contributed by atoms with Gasteiger partial charge >= 0.3 is 0 Å². The average Bonchev–Trinajstić information content (AvgIpc) is 2.89. The highest BCUT2D eigenvalue weighted by Crippen LogP contribution is 2.27. The third kappa shape index (κ3) is 3.70. The van der Waals surface area contributed by atoms with Crippen molar-refractivity contribution in [2.24, 2.45) is 0 Å². The Morgan fingerprint density at radius 2 is 1.93 bits per heavy atom. The normalized spacial score (nSPS) is 23.5. The third-order valence-corrected chi connectivity index (χ3v) is 5.75. The first-order valence-corrected chi connectivity index (χ1v) is 9.82. The average molecular weight is 375 g/mol. The van der Waals surface area contributed by atoms with Crippen LogP contribution in [-0.2, 0) is 11.3 Å². The van der Waals surface area contributed by atoms with Crippen molar-refractivity contribution in [2.45, 2.75) is 70.5 Å². The van der Waals surface area contributed by atoms with Crippen LogP contribution >= 0.6 is 0 Å². The van der Waals surface area contributed by atoms with Crippen LogP contribution in [0.5, 0.6) is 0 Å². The molecule has 8 nitrogen and oxygen atoms in total. The molecule has 0 radical (unpaired) electrons. The summed E-state index contributed by atoms with van der Waals surface area (Å²) in [5, 5.41) is 10.1. The molecule has 1 aliphatic carbocycles. The Hall–Kier alpha value is -2.38. The molecule has 8 heteroatoms. The van der Waals surface area contributed by atoms with E-state index in [1.54, 1.807) is 14.0 Å². The molecular weight excluding hydrogens is 346 g/mol. The van der Waals surface area contributed by atoms with Gasteiger partial charge in [0.15, 0.2) is 5.69 Å². The molecular formula is C19H29N5O3. The quantitative estimate of drug-likeness (QED) is 0.776. The monoisotopic (exact) mass is 375 g/mol. The van der Waals surface area contributed by atoms with E-state index in [-0.39, 0.29) is 36.0 Å². The van der Waals surface area contributed by atoms with Gasteiger partial charge in [-0.1, -0.05) is 25.7 Å². The van der Waals surface area contributed by atoms with Crippen molar-refractivity contribution in [1.29, 1.82) is 0 Å². The number of carbonyl (C=O) groups excluding carboxylic acids is 3. The number of rotatable bonds is 4. The van der Waals surface area contributed by atoms with E-state index in [4.69, 9.17) is 0 Å². The molecule has 1 aromatic rings. The Labute approximate surface area is 159 Å². The zero-order valence-corrected chi connectivity index (χ0v) is 16.4. The van der Waals surface area contributed by atoms with Gasteiger partial charge in [0, 0.05) is 25.7 Å². The van der Waals surface area contributed by atoms with Crippen LogP contribution in [0.15, 0.2) is 6.07 Å². The number of hydrogen-bond acceptors (Lipinski definition) is 4. The fraction of sp³-hybridized carbons (Fsp3) is 0.684. The Balaban J connectivity index is 1.81. The molecule has 1 atom stereocenters. The van der Waals surface area contributed by atoms with Gasteiger partial charge in [0.05, 0.1) is 6.54 Å². The molecule has 3 rings (SSSR count). The van der Waals surface area contributed by atoms with Gasteiger partial charge in [-0.2, -0.15) is 5.10 Å². The predicted molar refractivity (Wildman–Crippen MR) is 100 cm³/mol. The zero-order chi connectivity index (χ0) is 19.6. The Morgan fingerprint density at radius 1 is 1.26 bits per heavy atom. The minimum atomic E-state index is -1.04. The number of likely N-dealkylation sites (N-methyl/N-ethyl adjacent to an activating group) is 1. The van der Waals surface area contributed by atoms with Gasteiger partial charge in [-0.3, -0.25) is 19.1 Å². The maximum absolute atomic E-state index is 13.1. The van der Waals surface area contributed by atoms with Gasteiger partial charge in [0.25, 0.3) is 11.8 Å². The second-order valence-corrected chi connectivity index (χ2v) is 7.73. The van der Waals surface area contributed by atoms with Gasteiger partial charge in [0.1, 0.15) is 11.2 Å². The van der Waals surface area contributed by atoms with E-state index >= 15 is 0 Å². The van der Waals surface area contributed by atoms with Gasteiger partial charge in [0.2, 0.25) is 5.91 Å². The largest absolute Gasteiger partial charge is 0.351 e. The number of amides is 3. The van der Waals surface area contributed by atoms with Crippen LogP contribution < -0.4 is 10.6 Å². The van der Waals surface area contributed by atoms with Crippen molar-refractivity contribution in [3.8, 4) is 0 Å². The summed E-state index contributed by atoms with van der Waals surface area (Å²) in [6, 6.07) is 1.65. The minimum Gasteiger partial charge on any atom is -0.351 e. The number of hydrogen-bond donors (Lipinski definition) is 2. The van der Waals surface area contributed by atoms with Gasteiger partial charge in [-0.25, -0.2) is 0 Å². The number of nitrogens with one attached hydrogen (secondary N) is 2. The van der Waals surface area contributed by atoms with E-state index < -0.39 is 5.54 Å². The molecule has 27 heavy (non-hydrogen) atoms. The lowest BCUT2D eigenvalue weighted by atomic mass is 9.95. The van der Waals surface area contributed by atoms with Gasteiger partial charge < -0.3 is 15.5 Å². The second kappa shape index (κ2) is 7.70. The number of nitrogens with zero attached hydrogens (tertiary/aromatic N) is 3. The van der Waals surface area contributed by atoms with Crippen LogP contribution in [0.4, 0.5) is 0 Å². The highest BCUT2D eigenvalue weighted by Gasteiger charge is 2.46. The molecule has 0 aromatic carbocycles. The fourth-order valence-electron chi connectivity index (χ4n) is 3.85. The predicted octanol–water partition coefficient (Wildman–Crippen LogP) is 1.32. The molecule has 0 bridgehead atoms. The van der Waals surface area contributed by atoms with Crippen molar-refractivity contribution in [1.82, 2.24) is 25.3 Å². The first-order valence-electron chi connectivity index (χ1n) is 9.82. The number of fused-ring (bicyclic) bond motifs is 1. The van der Waals surface area contributed by atoms with Crippen LogP contribution in [-0.4, -0.2) is 57.6 Å². The van der Waals surface area contributed by atoms with E-state index in [1.807, 2.05) is 6.92 Å². The molecule has 0 saturated heterocycles. The van der Waals surface area contributed by atoms with Crippen LogP contribution in [0.3, 0.4) is 0 Å². The Kier molecular flexibility index (Phi) is 5.53. The summed E-state index contributed by atoms with van der Waals surface area (Å²) < 4.78 is 1.49. The topological polar surface area (TPSA) is 96.3 Å². The van der Waals surface area contributed by atoms with Crippen molar-refractivity contribution in [3.05, 3.63) is 17.5 Å². The molecule has 0 spiro atoms. The van der Waals surface area contributed by atoms with Gasteiger partial charge in [-0.15, -0.1) is 0 Å². The summed E-state index contributed by atoms with van der Waals surface area (Å²) in [7, 11) is 1.64. The van der Waals surface area contributed by atoms with E-state index in [0.29, 0.717) is 12.2 Å². The molecule has 2 aliphatic rings. The maximum Gasteiger partial charge on any atom is 0.272 e. The zero-order valence-electron chi connectivity index (χ0n) is 16.4. The first kappa shape index (κ1) is 19.4. The van der Waals surface area contributed by atoms with Crippen LogP contribution in [0, 0.1) is 0 Å². The highest BCUT2D eigenvalue weighted by molar-refractivity contribution is 6.01. The van der Waals surface area contributed by atoms with Crippen molar-refractivity contribution in [2.75, 3.05) is 13.6 Å². The van der Waals surface area contributed by atoms with Crippen molar-refractivity contribution >= 4 is 17.7 Å². The molecule has 2 heterocycles. The highest BCUT2D eigenvalue weighted by atomic mass is 16.2. The molecule has 1 unspecified atom stereocenters. The Bertz CT molecular complexity index is 736. The summed E-state index contributed by atoms with van der Waals surface area (Å²) in [6.07, 6.45) is 6.62. The maximum atomic E-state index is 13.1. The fourth-order valence-corrected chi connectivity index (χ4v) is 3.85. The summed E-state index contributed by atoms with van der Waals surface area (Å²) >= 11 is 0. The van der Waals surface area contributed by atoms with Gasteiger partial charge in [-0.05, 0) is 26.7 Å². The van der Waals surface area contributed by atoms with E-state index in [1.165, 1.54) is 28.5 Å². The standard InChI is InChI=1S/C19H29N5O3/c1-4-20-16(25)14-11-15-17(26)23(3)19(2,12-24(15)22-14)18(27)21-13-9-7-5-6-8-10-13/h11,13H,4-10,12H2,1-3H3,(H,20,25)(H,21,27). The molecule has 1 aromatic heterocycles. The molecule has 1 fully saturated rings. The molecule has 1 aliphatic heterocycles. The SMILES string of the molecule is CCNC(=O)c1cc2n(n1)CC(C)(C(=O)NC1CCCCCC1)N(C)C2=O. The first-order chi connectivity index (χ1) is 12.9. The third-order valence-electron chi connectivity index (χ3n) is 5.75. The number of aromatic nitrogens is 2. The molecule has 2 N–H and O–H groups in total. The summed E-state index contributed by atoms with van der Waals surface area (Å²) in [5.41, 5.74) is -0.513. The van der Waals surface area contributed by atoms with E-state index in [0.717, 1.165) is 25.7 Å². The molecule has 1 saturated carbocycles. The van der Waals surface area contributed by atoms with Crippen molar-refractivity contribution < 1.29 is 14.4 Å². The summed E-state index contributed by atoms with van der Waals surface area (Å²) in [6.45, 7) is 4.29. The molecule has 148 valence electrons. The molecule has 3 amide bonds. The smallest absolute Gasteiger partial charge is 0.272 e. The second-order valence-electron chi connectivity index (χ2n) is 7.73. The van der Waals surface area contributed by atoms with Crippen LogP contribution in [0.1, 0.15) is 73.3 Å². The number of carbonyl (C=O) groups is 3. The van der Waals surface area contributed by atoms with Crippen LogP contribution in [0.2, 0.25) is 0 Å². The van der Waals surface area contributed by atoms with Crippen molar-refractivity contribution in [3.63, 3.8) is 0 Å². The van der Waals surface area contributed by atoms with E-state index in [9.17, 15) is 14.4 Å². The summed E-state index contributed by atoms with van der Waals surface area (Å²) in [5.74, 6) is -0.784. The lowest BCUT2D eigenvalue weighted by Crippen LogP contribution is -2.63. The lowest BCUT2D eigenvalue weighted by Gasteiger charge is -2.41. The minimum absolute atomic E-state index is 0.158. The lowest BCUT2D eigenvalue weighted by molar-refractivity contribution is -0.133.